The van der Waals surface area contributed by atoms with Gasteiger partial charge in [0.1, 0.15) is 0 Å². The summed E-state index contributed by atoms with van der Waals surface area (Å²) in [5.41, 5.74) is 3.25. The van der Waals surface area contributed by atoms with Gasteiger partial charge in [0.25, 0.3) is 5.91 Å². The summed E-state index contributed by atoms with van der Waals surface area (Å²) in [5.74, 6) is 0.778. The van der Waals surface area contributed by atoms with Crippen molar-refractivity contribution in [2.75, 3.05) is 39.9 Å². The number of halogens is 1. The Balaban J connectivity index is 0.00000364. The number of ether oxygens (including phenoxy) is 1. The highest BCUT2D eigenvalue weighted by molar-refractivity contribution is 14.0. The van der Waals surface area contributed by atoms with E-state index in [1.165, 1.54) is 5.57 Å². The van der Waals surface area contributed by atoms with Crippen LogP contribution in [0.2, 0.25) is 0 Å². The molecule has 0 saturated heterocycles. The Morgan fingerprint density at radius 2 is 2.11 bits per heavy atom. The molecule has 2 rings (SSSR count). The molecule has 1 aliphatic rings. The van der Waals surface area contributed by atoms with Crippen molar-refractivity contribution < 1.29 is 9.53 Å². The van der Waals surface area contributed by atoms with Gasteiger partial charge in [-0.1, -0.05) is 23.8 Å². The Kier molecular flexibility index (Phi) is 11.8. The molecule has 1 aromatic carbocycles. The molecule has 0 saturated carbocycles. The summed E-state index contributed by atoms with van der Waals surface area (Å²) in [6, 6.07) is 7.71. The Morgan fingerprint density at radius 3 is 2.81 bits per heavy atom. The van der Waals surface area contributed by atoms with Crippen LogP contribution in [0, 0.1) is 0 Å². The van der Waals surface area contributed by atoms with Gasteiger partial charge in [0, 0.05) is 32.2 Å². The normalized spacial score (nSPS) is 14.0. The minimum Gasteiger partial charge on any atom is -0.377 e. The molecule has 1 amide bonds. The summed E-state index contributed by atoms with van der Waals surface area (Å²) in [6.07, 6.45) is 4.99. The standard InChI is InChI=1S/C20H30N4O2.HI/c1-3-22-20(23-11-7-16-9-13-26-14-10-16)24-12-8-17-5-4-6-18(15-17)19(25)21-2;/h4-6,9,15H,3,7-8,10-14H2,1-2H3,(H,21,25)(H2,22,23,24);1H. The van der Waals surface area contributed by atoms with Gasteiger partial charge in [-0.2, -0.15) is 0 Å². The zero-order chi connectivity index (χ0) is 18.6. The van der Waals surface area contributed by atoms with Crippen LogP contribution in [0.15, 0.2) is 40.9 Å². The van der Waals surface area contributed by atoms with Gasteiger partial charge in [-0.3, -0.25) is 9.79 Å². The average molecular weight is 486 g/mol. The van der Waals surface area contributed by atoms with Gasteiger partial charge >= 0.3 is 0 Å². The van der Waals surface area contributed by atoms with Gasteiger partial charge in [0.15, 0.2) is 5.96 Å². The summed E-state index contributed by atoms with van der Waals surface area (Å²) in [4.78, 5) is 16.4. The number of aliphatic imine (C=N–C) groups is 1. The Labute approximate surface area is 179 Å². The van der Waals surface area contributed by atoms with E-state index in [0.29, 0.717) is 5.56 Å². The molecule has 0 atom stereocenters. The first-order chi connectivity index (χ1) is 12.7. The van der Waals surface area contributed by atoms with Gasteiger partial charge in [-0.25, -0.2) is 0 Å². The number of nitrogens with one attached hydrogen (secondary N) is 3. The van der Waals surface area contributed by atoms with E-state index in [0.717, 1.165) is 63.6 Å². The minimum absolute atomic E-state index is 0. The molecule has 0 spiro atoms. The van der Waals surface area contributed by atoms with E-state index in [2.05, 4.69) is 33.9 Å². The van der Waals surface area contributed by atoms with Crippen LogP contribution in [0.1, 0.15) is 35.7 Å². The monoisotopic (exact) mass is 486 g/mol. The van der Waals surface area contributed by atoms with Crippen LogP contribution < -0.4 is 16.0 Å². The summed E-state index contributed by atoms with van der Waals surface area (Å²) in [6.45, 7) is 5.97. The van der Waals surface area contributed by atoms with E-state index >= 15 is 0 Å². The predicted octanol–water partition coefficient (Wildman–Crippen LogP) is 2.50. The zero-order valence-electron chi connectivity index (χ0n) is 16.2. The second-order valence-electron chi connectivity index (χ2n) is 6.15. The van der Waals surface area contributed by atoms with Crippen LogP contribution in [0.3, 0.4) is 0 Å². The van der Waals surface area contributed by atoms with Crippen molar-refractivity contribution in [1.29, 1.82) is 0 Å². The fourth-order valence-electron chi connectivity index (χ4n) is 2.78. The summed E-state index contributed by atoms with van der Waals surface area (Å²) in [5, 5.41) is 9.29. The summed E-state index contributed by atoms with van der Waals surface area (Å²) >= 11 is 0. The fourth-order valence-corrected chi connectivity index (χ4v) is 2.78. The SMILES string of the molecule is CCNC(=NCCC1=CCOCC1)NCCc1cccc(C(=O)NC)c1.I. The highest BCUT2D eigenvalue weighted by Gasteiger charge is 2.05. The van der Waals surface area contributed by atoms with E-state index in [1.807, 2.05) is 24.3 Å². The first-order valence-corrected chi connectivity index (χ1v) is 9.31. The maximum atomic E-state index is 11.7. The smallest absolute Gasteiger partial charge is 0.251 e. The first kappa shape index (κ1) is 23.4. The minimum atomic E-state index is -0.0582. The van der Waals surface area contributed by atoms with E-state index in [4.69, 9.17) is 4.74 Å². The number of benzene rings is 1. The molecule has 0 aromatic heterocycles. The van der Waals surface area contributed by atoms with Crippen LogP contribution >= 0.6 is 24.0 Å². The molecule has 6 nitrogen and oxygen atoms in total. The van der Waals surface area contributed by atoms with Crippen molar-refractivity contribution in [2.24, 2.45) is 4.99 Å². The van der Waals surface area contributed by atoms with Crippen LogP contribution in [-0.4, -0.2) is 51.8 Å². The number of hydrogen-bond donors (Lipinski definition) is 3. The van der Waals surface area contributed by atoms with Crippen molar-refractivity contribution >= 4 is 35.8 Å². The number of hydrogen-bond acceptors (Lipinski definition) is 3. The second-order valence-corrected chi connectivity index (χ2v) is 6.15. The molecule has 0 bridgehead atoms. The molecule has 3 N–H and O–H groups in total. The van der Waals surface area contributed by atoms with Gasteiger partial charge < -0.3 is 20.7 Å². The van der Waals surface area contributed by atoms with Crippen LogP contribution in [0.4, 0.5) is 0 Å². The molecular weight excluding hydrogens is 455 g/mol. The highest BCUT2D eigenvalue weighted by atomic mass is 127. The van der Waals surface area contributed by atoms with Gasteiger partial charge in [0.2, 0.25) is 0 Å². The van der Waals surface area contributed by atoms with E-state index in [1.54, 1.807) is 7.05 Å². The molecule has 1 aliphatic heterocycles. The predicted molar refractivity (Wildman–Crippen MR) is 121 cm³/mol. The molecule has 150 valence electrons. The molecule has 0 fully saturated rings. The van der Waals surface area contributed by atoms with Crippen LogP contribution in [-0.2, 0) is 11.2 Å². The number of guanidine groups is 1. The first-order valence-electron chi connectivity index (χ1n) is 9.31. The number of carbonyl (C=O) groups excluding carboxylic acids is 1. The molecule has 0 aliphatic carbocycles. The zero-order valence-corrected chi connectivity index (χ0v) is 18.5. The third kappa shape index (κ3) is 8.75. The molecule has 0 radical (unpaired) electrons. The number of rotatable bonds is 8. The van der Waals surface area contributed by atoms with E-state index in [-0.39, 0.29) is 29.9 Å². The molecule has 0 unspecified atom stereocenters. The van der Waals surface area contributed by atoms with Gasteiger partial charge in [-0.05, 0) is 43.9 Å². The molecule has 7 heteroatoms. The Morgan fingerprint density at radius 1 is 1.26 bits per heavy atom. The Bertz CT molecular complexity index is 647. The van der Waals surface area contributed by atoms with E-state index in [9.17, 15) is 4.79 Å². The van der Waals surface area contributed by atoms with Crippen molar-refractivity contribution in [3.05, 3.63) is 47.0 Å². The molecule has 27 heavy (non-hydrogen) atoms. The van der Waals surface area contributed by atoms with Crippen molar-refractivity contribution in [2.45, 2.75) is 26.2 Å². The lowest BCUT2D eigenvalue weighted by Crippen LogP contribution is -2.38. The fraction of sp³-hybridized carbons (Fsp3) is 0.500. The summed E-state index contributed by atoms with van der Waals surface area (Å²) in [7, 11) is 1.64. The van der Waals surface area contributed by atoms with Gasteiger partial charge in [-0.15, -0.1) is 24.0 Å². The number of amides is 1. The lowest BCUT2D eigenvalue weighted by Gasteiger charge is -2.14. The average Bonchev–Trinajstić information content (AvgIpc) is 2.68. The summed E-state index contributed by atoms with van der Waals surface area (Å²) < 4.78 is 5.33. The second kappa shape index (κ2) is 13.5. The van der Waals surface area contributed by atoms with Gasteiger partial charge in [0.05, 0.1) is 13.2 Å². The molecular formula is C20H31IN4O2. The number of nitrogens with zero attached hydrogens (tertiary/aromatic N) is 1. The maximum Gasteiger partial charge on any atom is 0.251 e. The highest BCUT2D eigenvalue weighted by Crippen LogP contribution is 2.11. The largest absolute Gasteiger partial charge is 0.377 e. The Hall–Kier alpha value is -1.61. The van der Waals surface area contributed by atoms with Crippen molar-refractivity contribution in [3.63, 3.8) is 0 Å². The van der Waals surface area contributed by atoms with Crippen molar-refractivity contribution in [3.8, 4) is 0 Å². The van der Waals surface area contributed by atoms with Crippen LogP contribution in [0.5, 0.6) is 0 Å². The lowest BCUT2D eigenvalue weighted by molar-refractivity contribution is 0.0963. The third-order valence-corrected chi connectivity index (χ3v) is 4.23. The number of carbonyl (C=O) groups is 1. The maximum absolute atomic E-state index is 11.7. The quantitative estimate of drug-likeness (QED) is 0.229. The lowest BCUT2D eigenvalue weighted by atomic mass is 10.1. The van der Waals surface area contributed by atoms with Crippen molar-refractivity contribution in [1.82, 2.24) is 16.0 Å². The van der Waals surface area contributed by atoms with Crippen LogP contribution in [0.25, 0.3) is 0 Å². The molecule has 1 heterocycles. The third-order valence-electron chi connectivity index (χ3n) is 4.23. The van der Waals surface area contributed by atoms with E-state index < -0.39 is 0 Å². The topological polar surface area (TPSA) is 74.8 Å². The molecule has 1 aromatic rings.